The van der Waals surface area contributed by atoms with Gasteiger partial charge in [0.15, 0.2) is 0 Å². The average Bonchev–Trinajstić information content (AvgIpc) is 2.80. The molecule has 1 unspecified atom stereocenters. The van der Waals surface area contributed by atoms with Crippen LogP contribution < -0.4 is 15.4 Å². The number of rotatable bonds is 9. The lowest BCUT2D eigenvalue weighted by Crippen LogP contribution is -2.26. The quantitative estimate of drug-likeness (QED) is 0.447. The van der Waals surface area contributed by atoms with E-state index in [1.165, 1.54) is 0 Å². The molecule has 5 heteroatoms. The summed E-state index contributed by atoms with van der Waals surface area (Å²) < 4.78 is 5.69. The van der Waals surface area contributed by atoms with Gasteiger partial charge in [-0.1, -0.05) is 44.2 Å². The van der Waals surface area contributed by atoms with Crippen LogP contribution in [0.25, 0.3) is 0 Å². The minimum absolute atomic E-state index is 0.0968. The fourth-order valence-corrected chi connectivity index (χ4v) is 3.13. The largest absolute Gasteiger partial charge is 0.494 e. The van der Waals surface area contributed by atoms with E-state index in [0.29, 0.717) is 29.3 Å². The molecule has 0 spiro atoms. The van der Waals surface area contributed by atoms with Crippen LogP contribution in [0.1, 0.15) is 59.5 Å². The Morgan fingerprint density at radius 3 is 2.00 bits per heavy atom. The van der Waals surface area contributed by atoms with Gasteiger partial charge in [0.1, 0.15) is 5.75 Å². The Kier molecular flexibility index (Phi) is 8.03. The van der Waals surface area contributed by atoms with Crippen molar-refractivity contribution in [2.24, 2.45) is 5.92 Å². The van der Waals surface area contributed by atoms with E-state index < -0.39 is 0 Å². The van der Waals surface area contributed by atoms with Crippen LogP contribution in [-0.2, 0) is 0 Å². The molecular weight excluding hydrogens is 400 g/mol. The van der Waals surface area contributed by atoms with Crippen molar-refractivity contribution < 1.29 is 14.3 Å². The molecule has 2 amide bonds. The molecule has 3 rings (SSSR count). The molecule has 5 nitrogen and oxygen atoms in total. The van der Waals surface area contributed by atoms with Crippen molar-refractivity contribution in [2.45, 2.75) is 33.2 Å². The van der Waals surface area contributed by atoms with Gasteiger partial charge >= 0.3 is 0 Å². The van der Waals surface area contributed by atoms with Gasteiger partial charge in [-0.05, 0) is 73.4 Å². The number of amides is 2. The van der Waals surface area contributed by atoms with Crippen molar-refractivity contribution in [1.82, 2.24) is 5.32 Å². The van der Waals surface area contributed by atoms with Crippen molar-refractivity contribution >= 4 is 17.5 Å². The van der Waals surface area contributed by atoms with Crippen molar-refractivity contribution in [1.29, 1.82) is 0 Å². The minimum Gasteiger partial charge on any atom is -0.494 e. The fraction of sp³-hybridized carbons (Fsp3) is 0.259. The van der Waals surface area contributed by atoms with E-state index in [0.717, 1.165) is 17.7 Å². The summed E-state index contributed by atoms with van der Waals surface area (Å²) in [6.45, 7) is 6.91. The summed E-state index contributed by atoms with van der Waals surface area (Å²) >= 11 is 0. The first-order valence-corrected chi connectivity index (χ1v) is 10.9. The molecule has 1 atom stereocenters. The van der Waals surface area contributed by atoms with Gasteiger partial charge in [0.05, 0.1) is 12.6 Å². The first-order chi connectivity index (χ1) is 15.4. The van der Waals surface area contributed by atoms with Crippen LogP contribution >= 0.6 is 0 Å². The Morgan fingerprint density at radius 2 is 1.38 bits per heavy atom. The SMILES string of the molecule is CC(C)CCOc1ccc(C(=O)Nc2ccc(C(=O)NC(C)c3ccccc3)cc2)cc1. The Hall–Kier alpha value is -3.60. The summed E-state index contributed by atoms with van der Waals surface area (Å²) in [4.78, 5) is 25.0. The zero-order chi connectivity index (χ0) is 22.9. The molecular formula is C27H30N2O3. The molecule has 0 aromatic heterocycles. The van der Waals surface area contributed by atoms with Gasteiger partial charge in [0.2, 0.25) is 0 Å². The topological polar surface area (TPSA) is 67.4 Å². The van der Waals surface area contributed by atoms with E-state index in [1.54, 1.807) is 48.5 Å². The van der Waals surface area contributed by atoms with Crippen molar-refractivity contribution in [3.05, 3.63) is 95.6 Å². The van der Waals surface area contributed by atoms with Crippen LogP contribution in [0.2, 0.25) is 0 Å². The zero-order valence-corrected chi connectivity index (χ0v) is 18.8. The summed E-state index contributed by atoms with van der Waals surface area (Å²) in [5.41, 5.74) is 2.74. The van der Waals surface area contributed by atoms with Crippen LogP contribution in [0.15, 0.2) is 78.9 Å². The Labute approximate surface area is 189 Å². The lowest BCUT2D eigenvalue weighted by atomic mass is 10.1. The first kappa shape index (κ1) is 23.1. The van der Waals surface area contributed by atoms with Gasteiger partial charge in [0, 0.05) is 16.8 Å². The van der Waals surface area contributed by atoms with Crippen LogP contribution in [0.4, 0.5) is 5.69 Å². The third-order valence-corrected chi connectivity index (χ3v) is 5.13. The lowest BCUT2D eigenvalue weighted by molar-refractivity contribution is 0.0939. The highest BCUT2D eigenvalue weighted by molar-refractivity contribution is 6.04. The highest BCUT2D eigenvalue weighted by Gasteiger charge is 2.12. The lowest BCUT2D eigenvalue weighted by Gasteiger charge is -2.14. The predicted molar refractivity (Wildman–Crippen MR) is 128 cm³/mol. The second kappa shape index (κ2) is 11.1. The number of benzene rings is 3. The highest BCUT2D eigenvalue weighted by Crippen LogP contribution is 2.17. The normalized spacial score (nSPS) is 11.6. The molecule has 0 saturated carbocycles. The van der Waals surface area contributed by atoms with Gasteiger partial charge in [-0.2, -0.15) is 0 Å². The molecule has 0 saturated heterocycles. The first-order valence-electron chi connectivity index (χ1n) is 10.9. The van der Waals surface area contributed by atoms with Crippen molar-refractivity contribution in [3.63, 3.8) is 0 Å². The van der Waals surface area contributed by atoms with E-state index in [-0.39, 0.29) is 17.9 Å². The monoisotopic (exact) mass is 430 g/mol. The number of nitrogens with one attached hydrogen (secondary N) is 2. The maximum absolute atomic E-state index is 12.5. The zero-order valence-electron chi connectivity index (χ0n) is 18.8. The van der Waals surface area contributed by atoms with Crippen molar-refractivity contribution in [2.75, 3.05) is 11.9 Å². The molecule has 0 aliphatic heterocycles. The molecule has 0 radical (unpaired) electrons. The van der Waals surface area contributed by atoms with Crippen LogP contribution in [0, 0.1) is 5.92 Å². The Morgan fingerprint density at radius 1 is 0.781 bits per heavy atom. The molecule has 0 aliphatic rings. The summed E-state index contributed by atoms with van der Waals surface area (Å²) in [7, 11) is 0. The van der Waals surface area contributed by atoms with Gasteiger partial charge in [-0.15, -0.1) is 0 Å². The van der Waals surface area contributed by atoms with Gasteiger partial charge < -0.3 is 15.4 Å². The maximum atomic E-state index is 12.5. The van der Waals surface area contributed by atoms with E-state index in [4.69, 9.17) is 4.74 Å². The number of anilines is 1. The summed E-state index contributed by atoms with van der Waals surface area (Å²) in [6, 6.07) is 23.7. The molecule has 3 aromatic carbocycles. The highest BCUT2D eigenvalue weighted by atomic mass is 16.5. The molecule has 32 heavy (non-hydrogen) atoms. The fourth-order valence-electron chi connectivity index (χ4n) is 3.13. The van der Waals surface area contributed by atoms with E-state index in [2.05, 4.69) is 24.5 Å². The molecule has 0 heterocycles. The van der Waals surface area contributed by atoms with Crippen molar-refractivity contribution in [3.8, 4) is 5.75 Å². The standard InChI is InChI=1S/C27H30N2O3/c1-19(2)17-18-32-25-15-11-23(12-16-25)27(31)29-24-13-9-22(10-14-24)26(30)28-20(3)21-7-5-4-6-8-21/h4-16,19-20H,17-18H2,1-3H3,(H,28,30)(H,29,31). The van der Waals surface area contributed by atoms with E-state index in [1.807, 2.05) is 37.3 Å². The number of hydrogen-bond donors (Lipinski definition) is 2. The van der Waals surface area contributed by atoms with Gasteiger partial charge in [-0.25, -0.2) is 0 Å². The predicted octanol–water partition coefficient (Wildman–Crippen LogP) is 5.85. The molecule has 3 aromatic rings. The third-order valence-electron chi connectivity index (χ3n) is 5.13. The summed E-state index contributed by atoms with van der Waals surface area (Å²) in [6.07, 6.45) is 0.988. The molecule has 166 valence electrons. The van der Waals surface area contributed by atoms with E-state index >= 15 is 0 Å². The maximum Gasteiger partial charge on any atom is 0.255 e. The molecule has 0 bridgehead atoms. The number of carbonyl (C=O) groups excluding carboxylic acids is 2. The summed E-state index contributed by atoms with van der Waals surface area (Å²) in [5, 5.41) is 5.84. The number of carbonyl (C=O) groups is 2. The summed E-state index contributed by atoms with van der Waals surface area (Å²) in [5.74, 6) is 0.966. The van der Waals surface area contributed by atoms with Gasteiger partial charge in [0.25, 0.3) is 11.8 Å². The van der Waals surface area contributed by atoms with Gasteiger partial charge in [-0.3, -0.25) is 9.59 Å². The number of hydrogen-bond acceptors (Lipinski definition) is 3. The molecule has 0 aliphatic carbocycles. The van der Waals surface area contributed by atoms with Crippen LogP contribution in [0.3, 0.4) is 0 Å². The smallest absolute Gasteiger partial charge is 0.255 e. The second-order valence-corrected chi connectivity index (χ2v) is 8.19. The molecule has 0 fully saturated rings. The minimum atomic E-state index is -0.214. The molecule has 2 N–H and O–H groups in total. The third kappa shape index (κ3) is 6.71. The van der Waals surface area contributed by atoms with Crippen LogP contribution in [-0.4, -0.2) is 18.4 Å². The van der Waals surface area contributed by atoms with E-state index in [9.17, 15) is 9.59 Å². The van der Waals surface area contributed by atoms with Crippen LogP contribution in [0.5, 0.6) is 5.75 Å². The Balaban J connectivity index is 1.53. The Bertz CT molecular complexity index is 1010. The second-order valence-electron chi connectivity index (χ2n) is 8.19. The average molecular weight is 431 g/mol. The number of ether oxygens (including phenoxy) is 1.